The summed E-state index contributed by atoms with van der Waals surface area (Å²) in [5, 5.41) is 5.69. The highest BCUT2D eigenvalue weighted by molar-refractivity contribution is 7.13. The molecule has 0 spiro atoms. The number of carbonyl (C=O) groups excluding carboxylic acids is 3. The first-order valence-electron chi connectivity index (χ1n) is 8.65. The molecule has 1 N–H and O–H groups in total. The van der Waals surface area contributed by atoms with E-state index in [0.29, 0.717) is 29.9 Å². The topological polar surface area (TPSA) is 82.6 Å². The first-order valence-corrected chi connectivity index (χ1v) is 9.53. The van der Waals surface area contributed by atoms with E-state index in [1.54, 1.807) is 22.4 Å². The Morgan fingerprint density at radius 2 is 2.00 bits per heavy atom. The van der Waals surface area contributed by atoms with Crippen molar-refractivity contribution in [1.29, 1.82) is 0 Å². The van der Waals surface area contributed by atoms with Gasteiger partial charge in [0.05, 0.1) is 6.54 Å². The van der Waals surface area contributed by atoms with E-state index < -0.39 is 0 Å². The number of carbonyl (C=O) groups is 3. The van der Waals surface area contributed by atoms with Crippen LogP contribution < -0.4 is 5.32 Å². The van der Waals surface area contributed by atoms with Gasteiger partial charge in [0.25, 0.3) is 11.8 Å². The van der Waals surface area contributed by atoms with Crippen LogP contribution in [0.4, 0.5) is 5.69 Å². The normalized spacial score (nSPS) is 16.8. The minimum atomic E-state index is -0.324. The van der Waals surface area contributed by atoms with Crippen molar-refractivity contribution in [3.8, 4) is 10.6 Å². The second-order valence-electron chi connectivity index (χ2n) is 6.48. The average Bonchev–Trinajstić information content (AvgIpc) is 3.27. The fourth-order valence-corrected chi connectivity index (χ4v) is 4.03. The molecule has 0 saturated carbocycles. The molecule has 0 aliphatic carbocycles. The van der Waals surface area contributed by atoms with E-state index in [-0.39, 0.29) is 24.3 Å². The highest BCUT2D eigenvalue weighted by Gasteiger charge is 2.40. The minimum Gasteiger partial charge on any atom is -0.357 e. The van der Waals surface area contributed by atoms with Crippen molar-refractivity contribution >= 4 is 34.7 Å². The summed E-state index contributed by atoms with van der Waals surface area (Å²) >= 11 is 1.55. The Kier molecular flexibility index (Phi) is 4.49. The van der Waals surface area contributed by atoms with Crippen LogP contribution in [0, 0.1) is 0 Å². The monoisotopic (exact) mass is 382 g/mol. The number of nitrogens with zero attached hydrogens (tertiary/aromatic N) is 3. The summed E-state index contributed by atoms with van der Waals surface area (Å²) in [6, 6.07) is 7.47. The highest BCUT2D eigenvalue weighted by atomic mass is 32.1. The molecule has 4 rings (SSSR count). The number of thiazole rings is 1. The van der Waals surface area contributed by atoms with Crippen molar-refractivity contribution in [3.05, 3.63) is 47.1 Å². The lowest BCUT2D eigenvalue weighted by molar-refractivity contribution is -0.136. The van der Waals surface area contributed by atoms with Gasteiger partial charge in [-0.15, -0.1) is 11.3 Å². The molecule has 3 heterocycles. The van der Waals surface area contributed by atoms with Crippen molar-refractivity contribution < 1.29 is 14.4 Å². The van der Waals surface area contributed by atoms with Crippen molar-refractivity contribution in [1.82, 2.24) is 14.8 Å². The fourth-order valence-electron chi connectivity index (χ4n) is 3.39. The summed E-state index contributed by atoms with van der Waals surface area (Å²) in [6.07, 6.45) is 3.09. The molecule has 1 aromatic carbocycles. The van der Waals surface area contributed by atoms with E-state index >= 15 is 0 Å². The van der Waals surface area contributed by atoms with Gasteiger partial charge in [0.15, 0.2) is 0 Å². The predicted octanol–water partition coefficient (Wildman–Crippen LogP) is 2.10. The number of rotatable bonds is 4. The van der Waals surface area contributed by atoms with Gasteiger partial charge in [-0.25, -0.2) is 4.98 Å². The van der Waals surface area contributed by atoms with Crippen LogP contribution in [0.1, 0.15) is 12.8 Å². The zero-order valence-corrected chi connectivity index (χ0v) is 15.6. The molecule has 7 nitrogen and oxygen atoms in total. The van der Waals surface area contributed by atoms with E-state index in [1.165, 1.54) is 7.05 Å². The smallest absolute Gasteiger partial charge is 0.277 e. The second-order valence-corrected chi connectivity index (χ2v) is 7.38. The molecule has 0 radical (unpaired) electrons. The standard InChI is InChI=1S/C19H18N4O3S/c1-22-18(25)14-3-2-9-23(16(14)19(22)26)11-15(24)21-13-6-4-12(5-7-13)17-20-8-10-27-17/h4-8,10H,2-3,9,11H2,1H3,(H,21,24). The van der Waals surface area contributed by atoms with E-state index in [9.17, 15) is 14.4 Å². The van der Waals surface area contributed by atoms with Crippen LogP contribution in [0.15, 0.2) is 47.1 Å². The molecule has 27 heavy (non-hydrogen) atoms. The molecule has 0 atom stereocenters. The fraction of sp³-hybridized carbons (Fsp3) is 0.263. The van der Waals surface area contributed by atoms with Crippen LogP contribution in [-0.2, 0) is 14.4 Å². The molecule has 0 saturated heterocycles. The van der Waals surface area contributed by atoms with E-state index in [0.717, 1.165) is 21.9 Å². The lowest BCUT2D eigenvalue weighted by atomic mass is 10.0. The first-order chi connectivity index (χ1) is 13.0. The van der Waals surface area contributed by atoms with Gasteiger partial charge in [0.1, 0.15) is 10.7 Å². The lowest BCUT2D eigenvalue weighted by Gasteiger charge is -2.28. The maximum atomic E-state index is 12.5. The van der Waals surface area contributed by atoms with Gasteiger partial charge < -0.3 is 10.2 Å². The molecule has 138 valence electrons. The van der Waals surface area contributed by atoms with Crippen molar-refractivity contribution in [2.24, 2.45) is 0 Å². The lowest BCUT2D eigenvalue weighted by Crippen LogP contribution is -2.38. The number of nitrogens with one attached hydrogen (secondary N) is 1. The number of anilines is 1. The van der Waals surface area contributed by atoms with Crippen molar-refractivity contribution in [2.75, 3.05) is 25.5 Å². The summed E-state index contributed by atoms with van der Waals surface area (Å²) in [7, 11) is 1.48. The summed E-state index contributed by atoms with van der Waals surface area (Å²) in [4.78, 5) is 44.0. The predicted molar refractivity (Wildman–Crippen MR) is 102 cm³/mol. The molecular weight excluding hydrogens is 364 g/mol. The van der Waals surface area contributed by atoms with Gasteiger partial charge in [-0.05, 0) is 37.1 Å². The number of benzene rings is 1. The van der Waals surface area contributed by atoms with Gasteiger partial charge in [-0.3, -0.25) is 19.3 Å². The van der Waals surface area contributed by atoms with Gasteiger partial charge in [-0.2, -0.15) is 0 Å². The molecule has 1 aromatic heterocycles. The Balaban J connectivity index is 1.44. The Morgan fingerprint density at radius 3 is 2.70 bits per heavy atom. The molecular formula is C19H18N4O3S. The van der Waals surface area contributed by atoms with Crippen LogP contribution >= 0.6 is 11.3 Å². The number of aromatic nitrogens is 1. The second kappa shape index (κ2) is 6.96. The highest BCUT2D eigenvalue weighted by Crippen LogP contribution is 2.30. The molecule has 2 aliphatic heterocycles. The van der Waals surface area contributed by atoms with E-state index in [2.05, 4.69) is 10.3 Å². The Labute approximate surface area is 160 Å². The molecule has 2 aliphatic rings. The molecule has 2 aromatic rings. The van der Waals surface area contributed by atoms with Crippen molar-refractivity contribution in [2.45, 2.75) is 12.8 Å². The number of hydrogen-bond donors (Lipinski definition) is 1. The zero-order chi connectivity index (χ0) is 19.0. The Bertz CT molecular complexity index is 934. The van der Waals surface area contributed by atoms with Crippen LogP contribution in [0.2, 0.25) is 0 Å². The summed E-state index contributed by atoms with van der Waals surface area (Å²) in [6.45, 7) is 0.627. The Hall–Kier alpha value is -3.00. The minimum absolute atomic E-state index is 0.0416. The van der Waals surface area contributed by atoms with Crippen LogP contribution in [0.25, 0.3) is 10.6 Å². The molecule has 0 unspecified atom stereocenters. The van der Waals surface area contributed by atoms with Crippen LogP contribution in [-0.4, -0.2) is 52.6 Å². The van der Waals surface area contributed by atoms with Gasteiger partial charge >= 0.3 is 0 Å². The molecule has 0 fully saturated rings. The largest absolute Gasteiger partial charge is 0.357 e. The third kappa shape index (κ3) is 3.23. The maximum Gasteiger partial charge on any atom is 0.277 e. The SMILES string of the molecule is CN1C(=O)C2=C(C1=O)N(CC(=O)Nc1ccc(-c3nccs3)cc1)CCC2. The van der Waals surface area contributed by atoms with E-state index in [1.807, 2.05) is 29.6 Å². The van der Waals surface area contributed by atoms with Gasteiger partial charge in [-0.1, -0.05) is 0 Å². The summed E-state index contributed by atoms with van der Waals surface area (Å²) < 4.78 is 0. The third-order valence-corrected chi connectivity index (χ3v) is 5.53. The van der Waals surface area contributed by atoms with Gasteiger partial charge in [0, 0.05) is 42.0 Å². The number of imide groups is 1. The van der Waals surface area contributed by atoms with Crippen LogP contribution in [0.3, 0.4) is 0 Å². The first kappa shape index (κ1) is 17.4. The van der Waals surface area contributed by atoms with Crippen LogP contribution in [0.5, 0.6) is 0 Å². The van der Waals surface area contributed by atoms with Gasteiger partial charge in [0.2, 0.25) is 5.91 Å². The zero-order valence-electron chi connectivity index (χ0n) is 14.8. The third-order valence-electron chi connectivity index (χ3n) is 4.71. The quantitative estimate of drug-likeness (QED) is 0.819. The molecule has 3 amide bonds. The molecule has 8 heteroatoms. The summed E-state index contributed by atoms with van der Waals surface area (Å²) in [5.74, 6) is -0.797. The van der Waals surface area contributed by atoms with E-state index in [4.69, 9.17) is 0 Å². The number of amides is 3. The number of hydrogen-bond acceptors (Lipinski definition) is 6. The maximum absolute atomic E-state index is 12.5. The number of likely N-dealkylation sites (N-methyl/N-ethyl adjacent to an activating group) is 1. The van der Waals surface area contributed by atoms with Crippen molar-refractivity contribution in [3.63, 3.8) is 0 Å². The Morgan fingerprint density at radius 1 is 1.22 bits per heavy atom. The molecule has 0 bridgehead atoms. The summed E-state index contributed by atoms with van der Waals surface area (Å²) in [5.41, 5.74) is 2.57. The average molecular weight is 382 g/mol.